The van der Waals surface area contributed by atoms with Crippen LogP contribution in [0.3, 0.4) is 0 Å². The summed E-state index contributed by atoms with van der Waals surface area (Å²) in [6, 6.07) is 12.2. The highest BCUT2D eigenvalue weighted by Gasteiger charge is 2.07. The second-order valence-corrected chi connectivity index (χ2v) is 6.45. The van der Waals surface area contributed by atoms with Crippen LogP contribution in [-0.2, 0) is 0 Å². The second kappa shape index (κ2) is 8.99. The van der Waals surface area contributed by atoms with Crippen molar-refractivity contribution in [1.29, 1.82) is 0 Å². The normalized spacial score (nSPS) is 11.1. The molecule has 6 heteroatoms. The van der Waals surface area contributed by atoms with Crippen molar-refractivity contribution in [3.8, 4) is 5.75 Å². The fourth-order valence-electron chi connectivity index (χ4n) is 2.61. The number of carbonyl (C=O) groups excluding carboxylic acids is 1. The fraction of sp³-hybridized carbons (Fsp3) is 0.227. The van der Waals surface area contributed by atoms with Crippen molar-refractivity contribution in [3.05, 3.63) is 75.6 Å². The van der Waals surface area contributed by atoms with Gasteiger partial charge in [0.15, 0.2) is 0 Å². The Morgan fingerprint density at radius 3 is 2.75 bits per heavy atom. The maximum Gasteiger partial charge on any atom is 0.271 e. The lowest BCUT2D eigenvalue weighted by atomic mass is 10.1. The highest BCUT2D eigenvalue weighted by atomic mass is 16.5. The third-order valence-corrected chi connectivity index (χ3v) is 4.21. The van der Waals surface area contributed by atoms with E-state index in [0.29, 0.717) is 23.1 Å². The largest absolute Gasteiger partial charge is 0.494 e. The summed E-state index contributed by atoms with van der Waals surface area (Å²) in [5.41, 5.74) is 4.40. The van der Waals surface area contributed by atoms with Crippen LogP contribution in [0.15, 0.2) is 63.0 Å². The number of hydrogen-bond acceptors (Lipinski definition) is 5. The van der Waals surface area contributed by atoms with E-state index < -0.39 is 0 Å². The molecule has 144 valence electrons. The zero-order valence-corrected chi connectivity index (χ0v) is 15.9. The van der Waals surface area contributed by atoms with Crippen molar-refractivity contribution in [2.75, 3.05) is 6.61 Å². The Kier molecular flexibility index (Phi) is 6.22. The molecule has 0 aliphatic carbocycles. The van der Waals surface area contributed by atoms with Crippen molar-refractivity contribution >= 4 is 23.1 Å². The zero-order chi connectivity index (χ0) is 19.9. The van der Waals surface area contributed by atoms with Crippen molar-refractivity contribution in [1.82, 2.24) is 5.43 Å². The molecule has 0 aliphatic rings. The molecular formula is C22H22N2O4. The molecule has 1 aromatic heterocycles. The topological polar surface area (TPSA) is 80.9 Å². The monoisotopic (exact) mass is 378 g/mol. The molecule has 2 aromatic carbocycles. The molecule has 0 radical (unpaired) electrons. The van der Waals surface area contributed by atoms with Crippen molar-refractivity contribution in [2.24, 2.45) is 5.10 Å². The van der Waals surface area contributed by atoms with Gasteiger partial charge in [0.1, 0.15) is 17.6 Å². The molecule has 3 aromatic rings. The Balaban J connectivity index is 1.66. The van der Waals surface area contributed by atoms with E-state index in [2.05, 4.69) is 17.5 Å². The maximum atomic E-state index is 12.5. The van der Waals surface area contributed by atoms with Crippen LogP contribution >= 0.6 is 0 Å². The number of aryl methyl sites for hydroxylation is 1. The van der Waals surface area contributed by atoms with Crippen LogP contribution in [0.25, 0.3) is 11.0 Å². The summed E-state index contributed by atoms with van der Waals surface area (Å²) in [4.78, 5) is 24.7. The molecule has 0 aliphatic heterocycles. The van der Waals surface area contributed by atoms with E-state index in [0.717, 1.165) is 24.2 Å². The summed E-state index contributed by atoms with van der Waals surface area (Å²) in [5.74, 6) is 0.343. The molecule has 0 bridgehead atoms. The van der Waals surface area contributed by atoms with E-state index in [4.69, 9.17) is 9.15 Å². The molecule has 0 saturated carbocycles. The molecule has 0 spiro atoms. The molecule has 0 fully saturated rings. The SMILES string of the molecule is CCCCOc1ccc(C(=O)N/N=C\c2coc3ccc(C)cc3c2=O)cc1. The van der Waals surface area contributed by atoms with Gasteiger partial charge in [0.05, 0.1) is 23.8 Å². The van der Waals surface area contributed by atoms with Crippen LogP contribution in [-0.4, -0.2) is 18.7 Å². The number of carbonyl (C=O) groups is 1. The van der Waals surface area contributed by atoms with Gasteiger partial charge in [-0.1, -0.05) is 25.0 Å². The standard InChI is InChI=1S/C22H22N2O4/c1-3-4-11-27-18-8-6-16(7-9-18)22(26)24-23-13-17-14-28-20-10-5-15(2)12-19(20)21(17)25/h5-10,12-14H,3-4,11H2,1-2H3,(H,24,26)/b23-13-. The molecule has 28 heavy (non-hydrogen) atoms. The number of unbranched alkanes of at least 4 members (excludes halogenated alkanes) is 1. The molecule has 3 rings (SSSR count). The first kappa shape index (κ1) is 19.4. The van der Waals surface area contributed by atoms with Gasteiger partial charge >= 0.3 is 0 Å². The lowest BCUT2D eigenvalue weighted by Gasteiger charge is -2.06. The van der Waals surface area contributed by atoms with E-state index in [9.17, 15) is 9.59 Å². The van der Waals surface area contributed by atoms with Gasteiger partial charge in [0.25, 0.3) is 5.91 Å². The third kappa shape index (κ3) is 4.65. The Morgan fingerprint density at radius 2 is 2.00 bits per heavy atom. The first-order valence-electron chi connectivity index (χ1n) is 9.17. The highest BCUT2D eigenvalue weighted by Crippen LogP contribution is 2.14. The smallest absolute Gasteiger partial charge is 0.271 e. The summed E-state index contributed by atoms with van der Waals surface area (Å²) < 4.78 is 11.0. The van der Waals surface area contributed by atoms with Crippen molar-refractivity contribution < 1.29 is 13.9 Å². The Bertz CT molecular complexity index is 1050. The van der Waals surface area contributed by atoms with E-state index in [1.807, 2.05) is 13.0 Å². The zero-order valence-electron chi connectivity index (χ0n) is 15.9. The van der Waals surface area contributed by atoms with Crippen LogP contribution in [0.1, 0.15) is 41.3 Å². The van der Waals surface area contributed by atoms with E-state index in [-0.39, 0.29) is 16.9 Å². The molecule has 1 amide bonds. The van der Waals surface area contributed by atoms with E-state index in [1.54, 1.807) is 36.4 Å². The van der Waals surface area contributed by atoms with Crippen LogP contribution in [0, 0.1) is 6.92 Å². The number of hydrogen-bond donors (Lipinski definition) is 1. The number of nitrogens with zero attached hydrogens (tertiary/aromatic N) is 1. The molecule has 0 atom stereocenters. The molecule has 0 unspecified atom stereocenters. The summed E-state index contributed by atoms with van der Waals surface area (Å²) >= 11 is 0. The average Bonchev–Trinajstić information content (AvgIpc) is 2.71. The van der Waals surface area contributed by atoms with Gasteiger partial charge in [-0.15, -0.1) is 0 Å². The maximum absolute atomic E-state index is 12.5. The second-order valence-electron chi connectivity index (χ2n) is 6.45. The van der Waals surface area contributed by atoms with Gasteiger partial charge in [0.2, 0.25) is 5.43 Å². The van der Waals surface area contributed by atoms with E-state index >= 15 is 0 Å². The summed E-state index contributed by atoms with van der Waals surface area (Å²) in [6.07, 6.45) is 4.67. The highest BCUT2D eigenvalue weighted by molar-refractivity contribution is 5.95. The minimum Gasteiger partial charge on any atom is -0.494 e. The number of ether oxygens (including phenoxy) is 1. The Labute approximate surface area is 162 Å². The fourth-order valence-corrected chi connectivity index (χ4v) is 2.61. The Morgan fingerprint density at radius 1 is 1.21 bits per heavy atom. The van der Waals surface area contributed by atoms with Gasteiger partial charge in [-0.2, -0.15) is 5.10 Å². The number of amides is 1. The first-order chi connectivity index (χ1) is 13.6. The molecule has 6 nitrogen and oxygen atoms in total. The van der Waals surface area contributed by atoms with Crippen molar-refractivity contribution in [3.63, 3.8) is 0 Å². The number of benzene rings is 2. The van der Waals surface area contributed by atoms with Gasteiger partial charge in [-0.05, 0) is 49.7 Å². The summed E-state index contributed by atoms with van der Waals surface area (Å²) in [6.45, 7) is 4.65. The average molecular weight is 378 g/mol. The first-order valence-corrected chi connectivity index (χ1v) is 9.17. The predicted octanol–water partition coefficient (Wildman–Crippen LogP) is 4.04. The quantitative estimate of drug-likeness (QED) is 0.382. The lowest BCUT2D eigenvalue weighted by molar-refractivity contribution is 0.0955. The number of rotatable bonds is 7. The predicted molar refractivity (Wildman–Crippen MR) is 109 cm³/mol. The molecule has 1 N–H and O–H groups in total. The number of fused-ring (bicyclic) bond motifs is 1. The van der Waals surface area contributed by atoms with Gasteiger partial charge < -0.3 is 9.15 Å². The van der Waals surface area contributed by atoms with Gasteiger partial charge in [0, 0.05) is 5.56 Å². The summed E-state index contributed by atoms with van der Waals surface area (Å²) in [7, 11) is 0. The number of hydrazone groups is 1. The van der Waals surface area contributed by atoms with Crippen molar-refractivity contribution in [2.45, 2.75) is 26.7 Å². The molecule has 1 heterocycles. The molecule has 0 saturated heterocycles. The van der Waals surface area contributed by atoms with Gasteiger partial charge in [-0.25, -0.2) is 5.43 Å². The minimum absolute atomic E-state index is 0.198. The van der Waals surface area contributed by atoms with Gasteiger partial charge in [-0.3, -0.25) is 9.59 Å². The van der Waals surface area contributed by atoms with Crippen LogP contribution in [0.4, 0.5) is 0 Å². The van der Waals surface area contributed by atoms with Crippen LogP contribution in [0.5, 0.6) is 5.75 Å². The van der Waals surface area contributed by atoms with Crippen LogP contribution in [0.2, 0.25) is 0 Å². The summed E-state index contributed by atoms with van der Waals surface area (Å²) in [5, 5.41) is 4.36. The lowest BCUT2D eigenvalue weighted by Crippen LogP contribution is -2.18. The van der Waals surface area contributed by atoms with Crippen LogP contribution < -0.4 is 15.6 Å². The number of nitrogens with one attached hydrogen (secondary N) is 1. The molecular weight excluding hydrogens is 356 g/mol. The van der Waals surface area contributed by atoms with E-state index in [1.165, 1.54) is 12.5 Å². The Hall–Kier alpha value is -3.41. The minimum atomic E-state index is -0.377. The third-order valence-electron chi connectivity index (χ3n) is 4.21.